The average molecular weight is 381 g/mol. The number of anilines is 2. The minimum Gasteiger partial charge on any atom is -0.377 e. The molecule has 5 heteroatoms. The lowest BCUT2D eigenvalue weighted by atomic mass is 9.97. The number of nitrogens with zero attached hydrogens (tertiary/aromatic N) is 2. The number of aryl methyl sites for hydroxylation is 1. The number of hydrogen-bond donors (Lipinski definition) is 2. The summed E-state index contributed by atoms with van der Waals surface area (Å²) in [4.78, 5) is 16.9. The van der Waals surface area contributed by atoms with E-state index in [1.54, 1.807) is 0 Å². The van der Waals surface area contributed by atoms with Crippen LogP contribution < -0.4 is 15.5 Å². The van der Waals surface area contributed by atoms with Gasteiger partial charge in [0.1, 0.15) is 0 Å². The van der Waals surface area contributed by atoms with E-state index in [-0.39, 0.29) is 6.03 Å². The van der Waals surface area contributed by atoms with Crippen molar-refractivity contribution in [3.05, 3.63) is 59.7 Å². The van der Waals surface area contributed by atoms with Crippen molar-refractivity contribution in [2.45, 2.75) is 26.3 Å². The third-order valence-corrected chi connectivity index (χ3v) is 5.33. The van der Waals surface area contributed by atoms with Crippen molar-refractivity contribution in [1.29, 1.82) is 0 Å². The fourth-order valence-electron chi connectivity index (χ4n) is 3.83. The van der Waals surface area contributed by atoms with E-state index in [9.17, 15) is 4.79 Å². The number of likely N-dealkylation sites (tertiary alicyclic amines) is 1. The van der Waals surface area contributed by atoms with E-state index in [0.717, 1.165) is 31.7 Å². The van der Waals surface area contributed by atoms with Crippen molar-refractivity contribution in [2.24, 2.45) is 5.92 Å². The van der Waals surface area contributed by atoms with E-state index >= 15 is 0 Å². The molecule has 1 unspecified atom stereocenters. The molecule has 1 saturated heterocycles. The molecule has 5 nitrogen and oxygen atoms in total. The average Bonchev–Trinajstić information content (AvgIpc) is 2.69. The molecule has 0 spiro atoms. The van der Waals surface area contributed by atoms with Gasteiger partial charge in [0.05, 0.1) is 0 Å². The van der Waals surface area contributed by atoms with Crippen molar-refractivity contribution < 1.29 is 4.79 Å². The number of para-hydroxylation sites is 1. The molecule has 0 aromatic heterocycles. The fraction of sp³-hybridized carbons (Fsp3) is 0.435. The minimum absolute atomic E-state index is 0.126. The van der Waals surface area contributed by atoms with Gasteiger partial charge in [-0.25, -0.2) is 4.79 Å². The van der Waals surface area contributed by atoms with Gasteiger partial charge in [-0.2, -0.15) is 0 Å². The number of piperidine rings is 1. The van der Waals surface area contributed by atoms with Gasteiger partial charge in [-0.15, -0.1) is 0 Å². The monoisotopic (exact) mass is 380 g/mol. The normalized spacial score (nSPS) is 17.2. The van der Waals surface area contributed by atoms with Crippen molar-refractivity contribution >= 4 is 17.4 Å². The fourth-order valence-corrected chi connectivity index (χ4v) is 3.83. The molecule has 150 valence electrons. The molecule has 3 rings (SSSR count). The number of carbonyl (C=O) groups excluding carboxylic acids is 1. The highest BCUT2D eigenvalue weighted by Gasteiger charge is 2.21. The van der Waals surface area contributed by atoms with Gasteiger partial charge in [-0.1, -0.05) is 35.9 Å². The van der Waals surface area contributed by atoms with Crippen LogP contribution in [0.1, 0.15) is 24.0 Å². The molecule has 2 N–H and O–H groups in total. The maximum atomic E-state index is 12.2. The van der Waals surface area contributed by atoms with E-state index in [0.29, 0.717) is 12.5 Å². The number of hydrogen-bond acceptors (Lipinski definition) is 3. The van der Waals surface area contributed by atoms with Gasteiger partial charge < -0.3 is 15.5 Å². The molecule has 28 heavy (non-hydrogen) atoms. The first-order valence-corrected chi connectivity index (χ1v) is 10.1. The molecule has 1 aliphatic heterocycles. The van der Waals surface area contributed by atoms with Crippen LogP contribution in [-0.2, 0) is 6.54 Å². The van der Waals surface area contributed by atoms with Crippen LogP contribution in [0.2, 0.25) is 0 Å². The van der Waals surface area contributed by atoms with Crippen LogP contribution in [0.15, 0.2) is 48.5 Å². The molecule has 0 saturated carbocycles. The van der Waals surface area contributed by atoms with Gasteiger partial charge in [0.25, 0.3) is 0 Å². The number of rotatable bonds is 6. The molecule has 0 aliphatic carbocycles. The number of urea groups is 1. The Morgan fingerprint density at radius 2 is 1.89 bits per heavy atom. The molecule has 1 fully saturated rings. The zero-order valence-electron chi connectivity index (χ0n) is 17.2. The summed E-state index contributed by atoms with van der Waals surface area (Å²) in [5.41, 5.74) is 4.65. The first-order valence-electron chi connectivity index (χ1n) is 10.1. The zero-order valence-corrected chi connectivity index (χ0v) is 17.2. The Bertz CT molecular complexity index is 772. The first kappa shape index (κ1) is 20.2. The van der Waals surface area contributed by atoms with E-state index in [1.807, 2.05) is 31.2 Å². The Balaban J connectivity index is 1.48. The van der Waals surface area contributed by atoms with Crippen LogP contribution in [0.25, 0.3) is 0 Å². The Kier molecular flexibility index (Phi) is 6.93. The smallest absolute Gasteiger partial charge is 0.319 e. The Hall–Kier alpha value is -2.53. The van der Waals surface area contributed by atoms with Crippen molar-refractivity contribution in [2.75, 3.05) is 43.9 Å². The van der Waals surface area contributed by atoms with Gasteiger partial charge in [-0.05, 0) is 56.0 Å². The van der Waals surface area contributed by atoms with Crippen molar-refractivity contribution in [3.63, 3.8) is 0 Å². The number of nitrogens with one attached hydrogen (secondary N) is 2. The van der Waals surface area contributed by atoms with Crippen molar-refractivity contribution in [3.8, 4) is 0 Å². The number of amides is 2. The molecule has 0 bridgehead atoms. The second-order valence-corrected chi connectivity index (χ2v) is 7.97. The lowest BCUT2D eigenvalue weighted by molar-refractivity contribution is 0.166. The molecule has 1 atom stereocenters. The summed E-state index contributed by atoms with van der Waals surface area (Å²) in [6.07, 6.45) is 2.34. The summed E-state index contributed by atoms with van der Waals surface area (Å²) in [5, 5.41) is 5.96. The molecule has 2 aromatic rings. The molecular formula is C23H32N4O. The second-order valence-electron chi connectivity index (χ2n) is 7.97. The van der Waals surface area contributed by atoms with Gasteiger partial charge in [-0.3, -0.25) is 4.90 Å². The Morgan fingerprint density at radius 1 is 1.14 bits per heavy atom. The maximum Gasteiger partial charge on any atom is 0.319 e. The van der Waals surface area contributed by atoms with E-state index in [4.69, 9.17) is 0 Å². The van der Waals surface area contributed by atoms with Crippen LogP contribution in [0.3, 0.4) is 0 Å². The highest BCUT2D eigenvalue weighted by molar-refractivity contribution is 5.89. The quantitative estimate of drug-likeness (QED) is 0.793. The third kappa shape index (κ3) is 5.73. The summed E-state index contributed by atoms with van der Waals surface area (Å²) in [7, 11) is 4.18. The summed E-state index contributed by atoms with van der Waals surface area (Å²) in [6.45, 7) is 5.85. The van der Waals surface area contributed by atoms with Gasteiger partial charge in [0.2, 0.25) is 0 Å². The van der Waals surface area contributed by atoms with E-state index in [2.05, 4.69) is 58.8 Å². The van der Waals surface area contributed by atoms with Gasteiger partial charge in [0.15, 0.2) is 0 Å². The molecular weight excluding hydrogens is 348 g/mol. The summed E-state index contributed by atoms with van der Waals surface area (Å²) >= 11 is 0. The highest BCUT2D eigenvalue weighted by Crippen LogP contribution is 2.23. The van der Waals surface area contributed by atoms with Crippen LogP contribution in [0, 0.1) is 12.8 Å². The van der Waals surface area contributed by atoms with E-state index in [1.165, 1.54) is 23.2 Å². The van der Waals surface area contributed by atoms with Crippen LogP contribution in [-0.4, -0.2) is 44.7 Å². The van der Waals surface area contributed by atoms with Crippen LogP contribution in [0.5, 0.6) is 0 Å². The molecule has 1 heterocycles. The predicted octanol–water partition coefficient (Wildman–Crippen LogP) is 4.09. The second kappa shape index (κ2) is 9.60. The van der Waals surface area contributed by atoms with Crippen molar-refractivity contribution in [1.82, 2.24) is 10.2 Å². The Labute approximate surface area is 168 Å². The Morgan fingerprint density at radius 3 is 2.64 bits per heavy atom. The van der Waals surface area contributed by atoms with Crippen LogP contribution >= 0.6 is 0 Å². The highest BCUT2D eigenvalue weighted by atomic mass is 16.2. The van der Waals surface area contributed by atoms with Crippen LogP contribution in [0.4, 0.5) is 16.2 Å². The largest absolute Gasteiger partial charge is 0.377 e. The standard InChI is InChI=1S/C23H32N4O/c1-18-10-12-21(13-11-18)25-23(28)24-15-19-7-6-14-27(16-19)17-20-8-4-5-9-22(20)26(2)3/h4-5,8-13,19H,6-7,14-17H2,1-3H3,(H2,24,25,28). The van der Waals surface area contributed by atoms with Gasteiger partial charge in [0, 0.05) is 45.1 Å². The number of carbonyl (C=O) groups is 1. The predicted molar refractivity (Wildman–Crippen MR) is 117 cm³/mol. The lowest BCUT2D eigenvalue weighted by Crippen LogP contribution is -2.41. The molecule has 2 aromatic carbocycles. The number of benzene rings is 2. The summed E-state index contributed by atoms with van der Waals surface area (Å²) < 4.78 is 0. The lowest BCUT2D eigenvalue weighted by Gasteiger charge is -2.33. The minimum atomic E-state index is -0.126. The van der Waals surface area contributed by atoms with Gasteiger partial charge >= 0.3 is 6.03 Å². The SMILES string of the molecule is Cc1ccc(NC(=O)NCC2CCCN(Cc3ccccc3N(C)C)C2)cc1. The topological polar surface area (TPSA) is 47.6 Å². The first-order chi connectivity index (χ1) is 13.5. The molecule has 0 radical (unpaired) electrons. The summed E-state index contributed by atoms with van der Waals surface area (Å²) in [5.74, 6) is 0.490. The molecule has 2 amide bonds. The van der Waals surface area contributed by atoms with E-state index < -0.39 is 0 Å². The summed E-state index contributed by atoms with van der Waals surface area (Å²) in [6, 6.07) is 16.3. The molecule has 1 aliphatic rings. The maximum absolute atomic E-state index is 12.2. The third-order valence-electron chi connectivity index (χ3n) is 5.33. The zero-order chi connectivity index (χ0) is 19.9.